The molecule has 10 heteroatoms. The number of rotatable bonds is 5. The van der Waals surface area contributed by atoms with Gasteiger partial charge in [-0.2, -0.15) is 5.10 Å². The van der Waals surface area contributed by atoms with E-state index in [9.17, 15) is 18.3 Å². The van der Waals surface area contributed by atoms with Gasteiger partial charge in [-0.1, -0.05) is 0 Å². The molecule has 0 atom stereocenters. The molecule has 0 unspecified atom stereocenters. The van der Waals surface area contributed by atoms with Crippen molar-refractivity contribution >= 4 is 27.3 Å². The molecule has 3 heterocycles. The summed E-state index contributed by atoms with van der Waals surface area (Å²) in [7, 11) is -3.92. The minimum absolute atomic E-state index is 0.0635. The van der Waals surface area contributed by atoms with E-state index in [0.717, 1.165) is 46.7 Å². The highest BCUT2D eigenvalue weighted by atomic mass is 32.2. The van der Waals surface area contributed by atoms with Crippen LogP contribution in [0.3, 0.4) is 0 Å². The van der Waals surface area contributed by atoms with Crippen LogP contribution in [-0.4, -0.2) is 36.2 Å². The van der Waals surface area contributed by atoms with E-state index in [1.807, 2.05) is 0 Å². The minimum atomic E-state index is -3.92. The van der Waals surface area contributed by atoms with Crippen LogP contribution in [0.25, 0.3) is 0 Å². The Balaban J connectivity index is 1.64. The second kappa shape index (κ2) is 6.20. The third-order valence-corrected chi connectivity index (χ3v) is 7.83. The van der Waals surface area contributed by atoms with Gasteiger partial charge in [-0.15, -0.1) is 11.3 Å². The maximum atomic E-state index is 12.7. The number of aromatic nitrogens is 2. The first-order valence-electron chi connectivity index (χ1n) is 8.10. The zero-order valence-electron chi connectivity index (χ0n) is 13.4. The number of thiophene rings is 1. The molecule has 0 fully saturated rings. The number of nitrogens with zero attached hydrogens (tertiary/aromatic N) is 1. The monoisotopic (exact) mass is 382 g/mol. The SMILES string of the molecule is O=C(O)c1c(S(=O)(=O)NCc2n[nH]c3c2CCC3)sc2c1CCNC2. The third kappa shape index (κ3) is 2.88. The highest BCUT2D eigenvalue weighted by Crippen LogP contribution is 2.34. The number of carbonyl (C=O) groups is 1. The van der Waals surface area contributed by atoms with Crippen LogP contribution in [0.5, 0.6) is 0 Å². The summed E-state index contributed by atoms with van der Waals surface area (Å²) in [5, 5.41) is 19.8. The quantitative estimate of drug-likeness (QED) is 0.606. The first-order valence-corrected chi connectivity index (χ1v) is 10.4. The molecule has 8 nitrogen and oxygen atoms in total. The molecule has 2 aromatic rings. The largest absolute Gasteiger partial charge is 0.478 e. The number of aromatic carboxylic acids is 1. The van der Waals surface area contributed by atoms with Gasteiger partial charge < -0.3 is 10.4 Å². The number of aryl methyl sites for hydroxylation is 1. The van der Waals surface area contributed by atoms with Crippen LogP contribution in [0.15, 0.2) is 4.21 Å². The number of carboxylic acids is 1. The van der Waals surface area contributed by atoms with Crippen molar-refractivity contribution in [1.82, 2.24) is 20.2 Å². The van der Waals surface area contributed by atoms with E-state index < -0.39 is 16.0 Å². The second-order valence-corrected chi connectivity index (χ2v) is 9.27. The van der Waals surface area contributed by atoms with Gasteiger partial charge >= 0.3 is 5.97 Å². The average molecular weight is 382 g/mol. The Bertz CT molecular complexity index is 945. The standard InChI is InChI=1S/C15H18N4O4S2/c20-14(21)13-9-4-5-16-7-12(9)24-15(13)25(22,23)17-6-11-8-2-1-3-10(8)18-19-11/h16-17H,1-7H2,(H,18,19)(H,20,21). The van der Waals surface area contributed by atoms with Crippen LogP contribution >= 0.6 is 11.3 Å². The van der Waals surface area contributed by atoms with E-state index in [2.05, 4.69) is 20.2 Å². The summed E-state index contributed by atoms with van der Waals surface area (Å²) < 4.78 is 27.9. The molecule has 0 amide bonds. The van der Waals surface area contributed by atoms with E-state index >= 15 is 0 Å². The molecule has 0 saturated carbocycles. The van der Waals surface area contributed by atoms with Crippen molar-refractivity contribution in [3.05, 3.63) is 33.0 Å². The highest BCUT2D eigenvalue weighted by molar-refractivity contribution is 7.91. The van der Waals surface area contributed by atoms with Gasteiger partial charge in [0.25, 0.3) is 10.0 Å². The molecule has 0 aromatic carbocycles. The lowest BCUT2D eigenvalue weighted by Crippen LogP contribution is -2.25. The zero-order chi connectivity index (χ0) is 17.6. The molecular formula is C15H18N4O4S2. The van der Waals surface area contributed by atoms with E-state index in [4.69, 9.17) is 0 Å². The fourth-order valence-corrected chi connectivity index (χ4v) is 6.37. The van der Waals surface area contributed by atoms with Gasteiger partial charge in [-0.3, -0.25) is 5.10 Å². The van der Waals surface area contributed by atoms with Gasteiger partial charge in [-0.25, -0.2) is 17.9 Å². The molecule has 4 rings (SSSR count). The molecule has 0 saturated heterocycles. The smallest absolute Gasteiger partial charge is 0.338 e. The van der Waals surface area contributed by atoms with Crippen molar-refractivity contribution in [3.63, 3.8) is 0 Å². The fourth-order valence-electron chi connectivity index (χ4n) is 3.48. The Hall–Kier alpha value is -1.75. The number of aromatic amines is 1. The maximum Gasteiger partial charge on any atom is 0.338 e. The molecule has 2 aromatic heterocycles. The van der Waals surface area contributed by atoms with Crippen molar-refractivity contribution in [2.45, 2.75) is 43.0 Å². The molecular weight excluding hydrogens is 364 g/mol. The Kier molecular flexibility index (Phi) is 4.14. The van der Waals surface area contributed by atoms with Crippen LogP contribution in [0, 0.1) is 0 Å². The summed E-state index contributed by atoms with van der Waals surface area (Å²) in [5.74, 6) is -1.19. The molecule has 0 spiro atoms. The first kappa shape index (κ1) is 16.7. The number of carboxylic acid groups (broad SMARTS) is 1. The average Bonchev–Trinajstić information content (AvgIpc) is 3.26. The second-order valence-electron chi connectivity index (χ2n) is 6.20. The van der Waals surface area contributed by atoms with Gasteiger partial charge in [0.05, 0.1) is 17.8 Å². The van der Waals surface area contributed by atoms with Crippen molar-refractivity contribution in [2.75, 3.05) is 6.54 Å². The number of fused-ring (bicyclic) bond motifs is 2. The molecule has 134 valence electrons. The molecule has 4 N–H and O–H groups in total. The van der Waals surface area contributed by atoms with Crippen molar-refractivity contribution < 1.29 is 18.3 Å². The summed E-state index contributed by atoms with van der Waals surface area (Å²) in [5.41, 5.74) is 3.39. The van der Waals surface area contributed by atoms with E-state index in [0.29, 0.717) is 30.8 Å². The van der Waals surface area contributed by atoms with Gasteiger partial charge in [-0.05, 0) is 43.4 Å². The Morgan fingerprint density at radius 3 is 2.92 bits per heavy atom. The van der Waals surface area contributed by atoms with Crippen LogP contribution in [-0.2, 0) is 42.4 Å². The van der Waals surface area contributed by atoms with Crippen molar-refractivity contribution in [3.8, 4) is 0 Å². The summed E-state index contributed by atoms with van der Waals surface area (Å²) in [6.07, 6.45) is 3.39. The lowest BCUT2D eigenvalue weighted by molar-refractivity contribution is 0.0692. The Labute approximate surface area is 148 Å². The van der Waals surface area contributed by atoms with Crippen LogP contribution in [0.1, 0.15) is 44.2 Å². The van der Waals surface area contributed by atoms with E-state index in [1.165, 1.54) is 0 Å². The minimum Gasteiger partial charge on any atom is -0.478 e. The zero-order valence-corrected chi connectivity index (χ0v) is 15.0. The Morgan fingerprint density at radius 2 is 2.12 bits per heavy atom. The fraction of sp³-hybridized carbons (Fsp3) is 0.467. The van der Waals surface area contributed by atoms with Crippen molar-refractivity contribution in [2.24, 2.45) is 0 Å². The molecule has 1 aliphatic heterocycles. The summed E-state index contributed by atoms with van der Waals surface area (Å²) in [6, 6.07) is 0. The van der Waals surface area contributed by atoms with Crippen LogP contribution in [0.2, 0.25) is 0 Å². The predicted octanol–water partition coefficient (Wildman–Crippen LogP) is 0.782. The normalized spacial score (nSPS) is 16.6. The van der Waals surface area contributed by atoms with Crippen molar-refractivity contribution in [1.29, 1.82) is 0 Å². The first-order chi connectivity index (χ1) is 12.0. The summed E-state index contributed by atoms with van der Waals surface area (Å²) >= 11 is 1.04. The van der Waals surface area contributed by atoms with Gasteiger partial charge in [0.15, 0.2) is 0 Å². The number of H-pyrrole nitrogens is 1. The highest BCUT2D eigenvalue weighted by Gasteiger charge is 2.32. The van der Waals surface area contributed by atoms with Gasteiger partial charge in [0.1, 0.15) is 4.21 Å². The number of sulfonamides is 1. The molecule has 25 heavy (non-hydrogen) atoms. The van der Waals surface area contributed by atoms with E-state index in [1.54, 1.807) is 0 Å². The third-order valence-electron chi connectivity index (χ3n) is 4.68. The lowest BCUT2D eigenvalue weighted by atomic mass is 10.1. The predicted molar refractivity (Wildman–Crippen MR) is 91.3 cm³/mol. The molecule has 0 bridgehead atoms. The topological polar surface area (TPSA) is 124 Å². The summed E-state index contributed by atoms with van der Waals surface area (Å²) in [4.78, 5) is 12.4. The van der Waals surface area contributed by atoms with Gasteiger partial charge in [0, 0.05) is 17.1 Å². The van der Waals surface area contributed by atoms with Crippen LogP contribution in [0.4, 0.5) is 0 Å². The van der Waals surface area contributed by atoms with Gasteiger partial charge in [0.2, 0.25) is 0 Å². The Morgan fingerprint density at radius 1 is 1.28 bits per heavy atom. The number of hydrogen-bond acceptors (Lipinski definition) is 6. The number of nitrogens with one attached hydrogen (secondary N) is 3. The maximum absolute atomic E-state index is 12.7. The number of hydrogen-bond donors (Lipinski definition) is 4. The van der Waals surface area contributed by atoms with E-state index in [-0.39, 0.29) is 16.3 Å². The molecule has 1 aliphatic carbocycles. The molecule has 0 radical (unpaired) electrons. The van der Waals surface area contributed by atoms with Crippen LogP contribution < -0.4 is 10.0 Å². The summed E-state index contributed by atoms with van der Waals surface area (Å²) in [6.45, 7) is 1.22. The molecule has 2 aliphatic rings. The lowest BCUT2D eigenvalue weighted by Gasteiger charge is -2.12.